The van der Waals surface area contributed by atoms with Gasteiger partial charge in [-0.3, -0.25) is 14.6 Å². The number of nitrogens with one attached hydrogen (secondary N) is 1. The summed E-state index contributed by atoms with van der Waals surface area (Å²) >= 11 is 0. The molecule has 1 aliphatic rings. The van der Waals surface area contributed by atoms with E-state index in [-0.39, 0.29) is 11.8 Å². The summed E-state index contributed by atoms with van der Waals surface area (Å²) in [5, 5.41) is 12.4. The van der Waals surface area contributed by atoms with Crippen LogP contribution in [0.4, 0.5) is 0 Å². The highest BCUT2D eigenvalue weighted by Crippen LogP contribution is 2.30. The molecule has 0 aliphatic carbocycles. The van der Waals surface area contributed by atoms with Crippen LogP contribution >= 0.6 is 0 Å². The van der Waals surface area contributed by atoms with Crippen LogP contribution in [0, 0.1) is 0 Å². The van der Waals surface area contributed by atoms with Gasteiger partial charge < -0.3 is 4.90 Å². The number of rotatable bonds is 2. The highest BCUT2D eigenvalue weighted by molar-refractivity contribution is 5.94. The van der Waals surface area contributed by atoms with Crippen molar-refractivity contribution in [2.24, 2.45) is 7.05 Å². The third kappa shape index (κ3) is 2.05. The molecule has 0 bridgehead atoms. The molecule has 1 aliphatic heterocycles. The maximum atomic E-state index is 12.5. The van der Waals surface area contributed by atoms with Gasteiger partial charge in [0.2, 0.25) is 0 Å². The summed E-state index contributed by atoms with van der Waals surface area (Å²) in [6.45, 7) is 1.44. The fourth-order valence-electron chi connectivity index (χ4n) is 3.08. The first-order valence-corrected chi connectivity index (χ1v) is 7.29. The summed E-state index contributed by atoms with van der Waals surface area (Å²) in [4.78, 5) is 18.6. The van der Waals surface area contributed by atoms with Crippen molar-refractivity contribution >= 4 is 16.9 Å². The molecule has 1 fully saturated rings. The number of likely N-dealkylation sites (tertiary alicyclic amines) is 1. The predicted octanol–water partition coefficient (Wildman–Crippen LogP) is 1.32. The molecule has 7 heteroatoms. The zero-order valence-electron chi connectivity index (χ0n) is 12.2. The molecule has 22 heavy (non-hydrogen) atoms. The van der Waals surface area contributed by atoms with Gasteiger partial charge in [-0.05, 0) is 18.6 Å². The third-order valence-electron chi connectivity index (χ3n) is 4.19. The van der Waals surface area contributed by atoms with E-state index in [1.54, 1.807) is 23.3 Å². The predicted molar refractivity (Wildman–Crippen MR) is 80.4 cm³/mol. The Hall–Kier alpha value is -2.70. The maximum Gasteiger partial charge on any atom is 0.257 e. The van der Waals surface area contributed by atoms with Crippen LogP contribution in [0.15, 0.2) is 30.7 Å². The normalized spacial score (nSPS) is 18.2. The lowest BCUT2D eigenvalue weighted by molar-refractivity contribution is 0.0790. The first kappa shape index (κ1) is 13.0. The lowest BCUT2D eigenvalue weighted by Gasteiger charge is -2.15. The van der Waals surface area contributed by atoms with Crippen molar-refractivity contribution in [3.8, 4) is 0 Å². The zero-order chi connectivity index (χ0) is 15.1. The molecule has 4 heterocycles. The highest BCUT2D eigenvalue weighted by Gasteiger charge is 2.30. The van der Waals surface area contributed by atoms with Crippen molar-refractivity contribution in [3.05, 3.63) is 42.0 Å². The molecule has 1 N–H and O–H groups in total. The fraction of sp³-hybridized carbons (Fsp3) is 0.333. The number of fused-ring (bicyclic) bond motifs is 1. The van der Waals surface area contributed by atoms with Gasteiger partial charge in [0.1, 0.15) is 0 Å². The number of carbonyl (C=O) groups excluding carboxylic acids is 1. The fourth-order valence-corrected chi connectivity index (χ4v) is 3.08. The Labute approximate surface area is 126 Å². The van der Waals surface area contributed by atoms with E-state index < -0.39 is 0 Å². The van der Waals surface area contributed by atoms with E-state index in [0.29, 0.717) is 12.1 Å². The second kappa shape index (κ2) is 4.94. The second-order valence-corrected chi connectivity index (χ2v) is 5.65. The van der Waals surface area contributed by atoms with E-state index in [1.807, 2.05) is 24.1 Å². The minimum atomic E-state index is 0.0394. The van der Waals surface area contributed by atoms with Gasteiger partial charge in [0.15, 0.2) is 5.65 Å². The summed E-state index contributed by atoms with van der Waals surface area (Å²) in [7, 11) is 1.81. The van der Waals surface area contributed by atoms with E-state index in [4.69, 9.17) is 0 Å². The van der Waals surface area contributed by atoms with Crippen molar-refractivity contribution in [1.82, 2.24) is 29.9 Å². The van der Waals surface area contributed by atoms with E-state index in [2.05, 4.69) is 20.3 Å². The summed E-state index contributed by atoms with van der Waals surface area (Å²) < 4.78 is 1.65. The van der Waals surface area contributed by atoms with Crippen LogP contribution in [0.3, 0.4) is 0 Å². The molecule has 0 aromatic carbocycles. The molecule has 3 aromatic rings. The molecule has 1 amide bonds. The van der Waals surface area contributed by atoms with Gasteiger partial charge in [0, 0.05) is 49.5 Å². The van der Waals surface area contributed by atoms with Gasteiger partial charge in [-0.25, -0.2) is 4.98 Å². The number of aromatic amines is 1. The van der Waals surface area contributed by atoms with Crippen molar-refractivity contribution < 1.29 is 4.79 Å². The molecule has 0 spiro atoms. The SMILES string of the molecule is Cn1cc(C(=O)N2CC[C@H](c3[nH]nc4ncccc34)C2)cn1. The van der Waals surface area contributed by atoms with Crippen LogP contribution in [0.2, 0.25) is 0 Å². The molecule has 7 nitrogen and oxygen atoms in total. The Morgan fingerprint density at radius 3 is 3.18 bits per heavy atom. The van der Waals surface area contributed by atoms with Gasteiger partial charge in [0.25, 0.3) is 5.91 Å². The number of hydrogen-bond donors (Lipinski definition) is 1. The van der Waals surface area contributed by atoms with Crippen LogP contribution in [0.1, 0.15) is 28.4 Å². The number of amides is 1. The van der Waals surface area contributed by atoms with Gasteiger partial charge >= 0.3 is 0 Å². The standard InChI is InChI=1S/C15H16N6O/c1-20-8-11(7-17-20)15(22)21-6-4-10(9-21)13-12-3-2-5-16-14(12)19-18-13/h2-3,5,7-8,10H,4,6,9H2,1H3,(H,16,18,19)/t10-/m0/s1. The molecule has 3 aromatic heterocycles. The van der Waals surface area contributed by atoms with E-state index in [1.165, 1.54) is 0 Å². The van der Waals surface area contributed by atoms with Gasteiger partial charge in [-0.2, -0.15) is 10.2 Å². The van der Waals surface area contributed by atoms with E-state index >= 15 is 0 Å². The quantitative estimate of drug-likeness (QED) is 0.773. The smallest absolute Gasteiger partial charge is 0.257 e. The molecular formula is C15H16N6O. The highest BCUT2D eigenvalue weighted by atomic mass is 16.2. The monoisotopic (exact) mass is 296 g/mol. The van der Waals surface area contributed by atoms with Gasteiger partial charge in [-0.1, -0.05) is 0 Å². The Balaban J connectivity index is 1.56. The maximum absolute atomic E-state index is 12.5. The van der Waals surface area contributed by atoms with Crippen molar-refractivity contribution in [1.29, 1.82) is 0 Å². The van der Waals surface area contributed by atoms with Crippen molar-refractivity contribution in [2.45, 2.75) is 12.3 Å². The summed E-state index contributed by atoms with van der Waals surface area (Å²) in [5.41, 5.74) is 2.44. The largest absolute Gasteiger partial charge is 0.338 e. The van der Waals surface area contributed by atoms with Gasteiger partial charge in [-0.15, -0.1) is 0 Å². The number of H-pyrrole nitrogens is 1. The lowest BCUT2D eigenvalue weighted by Crippen LogP contribution is -2.28. The third-order valence-corrected chi connectivity index (χ3v) is 4.19. The number of hydrogen-bond acceptors (Lipinski definition) is 4. The van der Waals surface area contributed by atoms with E-state index in [0.717, 1.165) is 29.7 Å². The number of aryl methyl sites for hydroxylation is 1. The number of nitrogens with zero attached hydrogens (tertiary/aromatic N) is 5. The summed E-state index contributed by atoms with van der Waals surface area (Å²) in [5.74, 6) is 0.312. The summed E-state index contributed by atoms with van der Waals surface area (Å²) in [6.07, 6.45) is 6.04. The lowest BCUT2D eigenvalue weighted by atomic mass is 10.0. The molecule has 0 radical (unpaired) electrons. The number of aromatic nitrogens is 5. The van der Waals surface area contributed by atoms with E-state index in [9.17, 15) is 4.79 Å². The molecule has 1 saturated heterocycles. The second-order valence-electron chi connectivity index (χ2n) is 5.65. The van der Waals surface area contributed by atoms with Crippen LogP contribution in [-0.4, -0.2) is 48.9 Å². The molecule has 0 saturated carbocycles. The molecule has 112 valence electrons. The molecular weight excluding hydrogens is 280 g/mol. The Kier molecular flexibility index (Phi) is 2.92. The zero-order valence-corrected chi connectivity index (χ0v) is 12.2. The van der Waals surface area contributed by atoms with Crippen LogP contribution < -0.4 is 0 Å². The minimum Gasteiger partial charge on any atom is -0.338 e. The molecule has 0 unspecified atom stereocenters. The molecule has 4 rings (SSSR count). The first-order chi connectivity index (χ1) is 10.7. The number of pyridine rings is 1. The molecule has 1 atom stereocenters. The minimum absolute atomic E-state index is 0.0394. The van der Waals surface area contributed by atoms with Gasteiger partial charge in [0.05, 0.1) is 11.8 Å². The Morgan fingerprint density at radius 2 is 2.36 bits per heavy atom. The average Bonchev–Trinajstić information content (AvgIpc) is 3.24. The van der Waals surface area contributed by atoms with Crippen molar-refractivity contribution in [3.63, 3.8) is 0 Å². The topological polar surface area (TPSA) is 79.7 Å². The Bertz CT molecular complexity index is 835. The van der Waals surface area contributed by atoms with Crippen molar-refractivity contribution in [2.75, 3.05) is 13.1 Å². The Morgan fingerprint density at radius 1 is 1.45 bits per heavy atom. The first-order valence-electron chi connectivity index (χ1n) is 7.29. The number of carbonyl (C=O) groups is 1. The van der Waals surface area contributed by atoms with Crippen LogP contribution in [0.5, 0.6) is 0 Å². The van der Waals surface area contributed by atoms with Crippen LogP contribution in [-0.2, 0) is 7.05 Å². The average molecular weight is 296 g/mol. The summed E-state index contributed by atoms with van der Waals surface area (Å²) in [6, 6.07) is 3.93. The van der Waals surface area contributed by atoms with Crippen LogP contribution in [0.25, 0.3) is 11.0 Å².